The van der Waals surface area contributed by atoms with Gasteiger partial charge in [-0.25, -0.2) is 0 Å². The average Bonchev–Trinajstić information content (AvgIpc) is 2.33. The minimum absolute atomic E-state index is 0.204. The summed E-state index contributed by atoms with van der Waals surface area (Å²) in [5.41, 5.74) is 0. The van der Waals surface area contributed by atoms with Crippen LogP contribution in [0.25, 0.3) is 0 Å². The zero-order valence-corrected chi connectivity index (χ0v) is 7.62. The van der Waals surface area contributed by atoms with Crippen molar-refractivity contribution in [2.24, 2.45) is 0 Å². The van der Waals surface area contributed by atoms with Crippen molar-refractivity contribution in [3.05, 3.63) is 0 Å². The van der Waals surface area contributed by atoms with Gasteiger partial charge in [0.2, 0.25) is 0 Å². The zero-order chi connectivity index (χ0) is 9.92. The molecule has 3 fully saturated rings. The van der Waals surface area contributed by atoms with Gasteiger partial charge in [0.15, 0.2) is 6.29 Å². The molecule has 0 saturated carbocycles. The van der Waals surface area contributed by atoms with E-state index >= 15 is 0 Å². The lowest BCUT2D eigenvalue weighted by molar-refractivity contribution is -0.382. The molecule has 0 radical (unpaired) electrons. The van der Waals surface area contributed by atoms with Crippen molar-refractivity contribution < 1.29 is 29.2 Å². The van der Waals surface area contributed by atoms with Crippen molar-refractivity contribution in [1.29, 1.82) is 0 Å². The highest BCUT2D eigenvalue weighted by Gasteiger charge is 2.63. The highest BCUT2D eigenvalue weighted by molar-refractivity contribution is 4.98. The lowest BCUT2D eigenvalue weighted by Crippen LogP contribution is -2.61. The Bertz CT molecular complexity index is 256. The van der Waals surface area contributed by atoms with E-state index in [0.29, 0.717) is 0 Å². The van der Waals surface area contributed by atoms with Crippen LogP contribution in [0.15, 0.2) is 0 Å². The molecule has 6 atom stereocenters. The summed E-state index contributed by atoms with van der Waals surface area (Å²) < 4.78 is 21.4. The Hall–Kier alpha value is -0.240. The Morgan fingerprint density at radius 3 is 2.64 bits per heavy atom. The predicted octanol–water partition coefficient (Wildman–Crippen LogP) is -1.45. The third kappa shape index (κ3) is 1.01. The maximum absolute atomic E-state index is 9.78. The van der Waals surface area contributed by atoms with Crippen LogP contribution in [-0.4, -0.2) is 53.5 Å². The fourth-order valence-corrected chi connectivity index (χ4v) is 2.20. The second-order valence-corrected chi connectivity index (χ2v) is 3.86. The average molecular weight is 204 g/mol. The molecule has 3 bridgehead atoms. The summed E-state index contributed by atoms with van der Waals surface area (Å²) in [6.07, 6.45) is -3.09. The maximum Gasteiger partial charge on any atom is 0.283 e. The zero-order valence-electron chi connectivity index (χ0n) is 7.62. The Morgan fingerprint density at radius 2 is 1.93 bits per heavy atom. The minimum atomic E-state index is -1.14. The van der Waals surface area contributed by atoms with E-state index in [1.165, 1.54) is 0 Å². The molecule has 2 N–H and O–H groups in total. The van der Waals surface area contributed by atoms with Gasteiger partial charge < -0.3 is 24.4 Å². The van der Waals surface area contributed by atoms with Crippen LogP contribution in [0.1, 0.15) is 6.92 Å². The summed E-state index contributed by atoms with van der Waals surface area (Å²) in [6, 6.07) is 0. The van der Waals surface area contributed by atoms with E-state index in [-0.39, 0.29) is 6.61 Å². The van der Waals surface area contributed by atoms with Crippen molar-refractivity contribution in [2.75, 3.05) is 6.61 Å². The van der Waals surface area contributed by atoms with Gasteiger partial charge in [0.1, 0.15) is 24.4 Å². The second kappa shape index (κ2) is 2.66. The third-order valence-corrected chi connectivity index (χ3v) is 2.83. The highest BCUT2D eigenvalue weighted by atomic mass is 17.0. The minimum Gasteiger partial charge on any atom is -0.394 e. The molecule has 0 aliphatic carbocycles. The number of hydrogen-bond acceptors (Lipinski definition) is 6. The molecule has 0 amide bonds. The van der Waals surface area contributed by atoms with Crippen molar-refractivity contribution in [3.8, 4) is 0 Å². The standard InChI is InChI=1S/C8H12O6/c1-8-12-5-3(2-9)11-7(14-8)6(13-8)4(5)10/h3-7,9-10H,2H2,1H3/t3?,4?,5-,6+,7-,8?/m1/s1. The molecule has 3 unspecified atom stereocenters. The molecule has 3 aliphatic heterocycles. The molecule has 6 heteroatoms. The summed E-state index contributed by atoms with van der Waals surface area (Å²) in [7, 11) is 0. The molecular weight excluding hydrogens is 192 g/mol. The van der Waals surface area contributed by atoms with Crippen LogP contribution < -0.4 is 0 Å². The lowest BCUT2D eigenvalue weighted by atomic mass is 9.98. The fraction of sp³-hybridized carbons (Fsp3) is 1.00. The molecule has 3 saturated heterocycles. The quantitative estimate of drug-likeness (QED) is 0.544. The summed E-state index contributed by atoms with van der Waals surface area (Å²) in [5, 5.41) is 18.8. The first-order valence-electron chi connectivity index (χ1n) is 4.61. The van der Waals surface area contributed by atoms with E-state index in [1.54, 1.807) is 6.92 Å². The molecule has 0 aromatic carbocycles. The van der Waals surface area contributed by atoms with Crippen LogP contribution in [0.5, 0.6) is 0 Å². The Morgan fingerprint density at radius 1 is 1.21 bits per heavy atom. The summed E-state index contributed by atoms with van der Waals surface area (Å²) in [6.45, 7) is 1.42. The maximum atomic E-state index is 9.78. The van der Waals surface area contributed by atoms with Crippen LogP contribution in [0.4, 0.5) is 0 Å². The van der Waals surface area contributed by atoms with Crippen molar-refractivity contribution >= 4 is 0 Å². The number of hydrogen-bond donors (Lipinski definition) is 2. The molecular formula is C8H12O6. The predicted molar refractivity (Wildman–Crippen MR) is 41.0 cm³/mol. The fourth-order valence-electron chi connectivity index (χ4n) is 2.20. The third-order valence-electron chi connectivity index (χ3n) is 2.83. The van der Waals surface area contributed by atoms with Crippen LogP contribution in [-0.2, 0) is 18.9 Å². The number of aliphatic hydroxyl groups excluding tert-OH is 2. The van der Waals surface area contributed by atoms with Crippen LogP contribution in [0.2, 0.25) is 0 Å². The molecule has 3 aliphatic rings. The Kier molecular flexibility index (Phi) is 1.71. The number of aliphatic hydroxyl groups is 2. The lowest BCUT2D eigenvalue weighted by Gasteiger charge is -2.42. The molecule has 3 rings (SSSR count). The van der Waals surface area contributed by atoms with Gasteiger partial charge in [0.05, 0.1) is 6.61 Å². The van der Waals surface area contributed by atoms with Gasteiger partial charge in [-0.1, -0.05) is 0 Å². The monoisotopic (exact) mass is 204 g/mol. The van der Waals surface area contributed by atoms with E-state index in [4.69, 9.17) is 24.1 Å². The molecule has 3 heterocycles. The van der Waals surface area contributed by atoms with E-state index in [0.717, 1.165) is 0 Å². The number of fused-ring (bicyclic) bond motifs is 2. The topological polar surface area (TPSA) is 77.4 Å². The summed E-state index contributed by atoms with van der Waals surface area (Å²) in [5.74, 6) is -1.14. The van der Waals surface area contributed by atoms with E-state index < -0.39 is 36.7 Å². The summed E-state index contributed by atoms with van der Waals surface area (Å²) >= 11 is 0. The molecule has 80 valence electrons. The largest absolute Gasteiger partial charge is 0.394 e. The smallest absolute Gasteiger partial charge is 0.283 e. The molecule has 0 spiro atoms. The van der Waals surface area contributed by atoms with E-state index in [1.807, 2.05) is 0 Å². The van der Waals surface area contributed by atoms with Gasteiger partial charge in [-0.15, -0.1) is 0 Å². The number of ether oxygens (including phenoxy) is 4. The molecule has 0 aromatic rings. The normalized spacial score (nSPS) is 60.6. The SMILES string of the molecule is CC12O[C@@H]3C(CO)O[C@H](O1)[C@@H](O2)C3O. The van der Waals surface area contributed by atoms with Gasteiger partial charge in [0.25, 0.3) is 5.97 Å². The Labute approximate surface area is 80.3 Å². The molecule has 0 aromatic heterocycles. The highest BCUT2D eigenvalue weighted by Crippen LogP contribution is 2.44. The van der Waals surface area contributed by atoms with Crippen LogP contribution >= 0.6 is 0 Å². The molecule has 14 heavy (non-hydrogen) atoms. The van der Waals surface area contributed by atoms with Gasteiger partial charge in [0, 0.05) is 6.92 Å². The van der Waals surface area contributed by atoms with Crippen molar-refractivity contribution in [3.63, 3.8) is 0 Å². The first kappa shape index (κ1) is 9.02. The van der Waals surface area contributed by atoms with Gasteiger partial charge in [-0.05, 0) is 0 Å². The van der Waals surface area contributed by atoms with Crippen LogP contribution in [0, 0.1) is 0 Å². The van der Waals surface area contributed by atoms with Gasteiger partial charge in [-0.3, -0.25) is 4.74 Å². The molecule has 6 nitrogen and oxygen atoms in total. The van der Waals surface area contributed by atoms with E-state index in [9.17, 15) is 5.11 Å². The van der Waals surface area contributed by atoms with Gasteiger partial charge >= 0.3 is 0 Å². The first-order chi connectivity index (χ1) is 6.63. The van der Waals surface area contributed by atoms with Gasteiger partial charge in [-0.2, -0.15) is 0 Å². The van der Waals surface area contributed by atoms with Crippen molar-refractivity contribution in [2.45, 2.75) is 43.6 Å². The second-order valence-electron chi connectivity index (χ2n) is 3.86. The van der Waals surface area contributed by atoms with Crippen molar-refractivity contribution in [1.82, 2.24) is 0 Å². The first-order valence-corrected chi connectivity index (χ1v) is 4.61. The Balaban J connectivity index is 1.94. The summed E-state index contributed by atoms with van der Waals surface area (Å²) in [4.78, 5) is 0. The van der Waals surface area contributed by atoms with Crippen LogP contribution in [0.3, 0.4) is 0 Å². The van der Waals surface area contributed by atoms with E-state index in [2.05, 4.69) is 0 Å². The number of rotatable bonds is 1.